The van der Waals surface area contributed by atoms with E-state index in [-0.39, 0.29) is 23.5 Å². The van der Waals surface area contributed by atoms with Crippen molar-refractivity contribution in [3.05, 3.63) is 65.5 Å². The number of amides is 2. The molecule has 2 aromatic carbocycles. The van der Waals surface area contributed by atoms with Crippen molar-refractivity contribution in [2.24, 2.45) is 5.92 Å². The van der Waals surface area contributed by atoms with Crippen molar-refractivity contribution in [2.75, 3.05) is 17.2 Å². The van der Waals surface area contributed by atoms with Crippen LogP contribution in [-0.4, -0.2) is 29.0 Å². The van der Waals surface area contributed by atoms with E-state index in [0.29, 0.717) is 13.1 Å². The Hall–Kier alpha value is -2.34. The van der Waals surface area contributed by atoms with Crippen LogP contribution in [0.15, 0.2) is 48.5 Å². The van der Waals surface area contributed by atoms with Crippen LogP contribution in [0.25, 0.3) is 0 Å². The van der Waals surface area contributed by atoms with Crippen molar-refractivity contribution in [3.63, 3.8) is 0 Å². The zero-order valence-corrected chi connectivity index (χ0v) is 16.3. The summed E-state index contributed by atoms with van der Waals surface area (Å²) in [6, 6.07) is 14.0. The van der Waals surface area contributed by atoms with Crippen LogP contribution in [0, 0.1) is 11.7 Å². The van der Waals surface area contributed by atoms with Gasteiger partial charge in [0.1, 0.15) is 5.82 Å². The lowest BCUT2D eigenvalue weighted by Gasteiger charge is -2.37. The number of hydrogen-bond donors (Lipinski definition) is 0. The van der Waals surface area contributed by atoms with Crippen LogP contribution >= 0.6 is 11.8 Å². The molecule has 2 heterocycles. The molecule has 3 aliphatic rings. The highest BCUT2D eigenvalue weighted by molar-refractivity contribution is 8.01. The normalized spacial score (nSPS) is 24.0. The van der Waals surface area contributed by atoms with E-state index in [4.69, 9.17) is 0 Å². The third-order valence-electron chi connectivity index (χ3n) is 6.08. The zero-order chi connectivity index (χ0) is 19.3. The molecule has 4 nitrogen and oxygen atoms in total. The average Bonchev–Trinajstić information content (AvgIpc) is 3.20. The molecule has 0 unspecified atom stereocenters. The lowest BCUT2D eigenvalue weighted by molar-refractivity contribution is -0.145. The number of hydrogen-bond acceptors (Lipinski definition) is 3. The summed E-state index contributed by atoms with van der Waals surface area (Å²) < 4.78 is 13.3. The minimum Gasteiger partial charge on any atom is -0.315 e. The van der Waals surface area contributed by atoms with Gasteiger partial charge in [-0.25, -0.2) is 4.39 Å². The lowest BCUT2D eigenvalue weighted by Crippen LogP contribution is -2.52. The molecule has 5 rings (SSSR count). The van der Waals surface area contributed by atoms with E-state index in [9.17, 15) is 14.0 Å². The summed E-state index contributed by atoms with van der Waals surface area (Å²) in [5.41, 5.74) is 2.61. The SMILES string of the molecule is O=C(C1CCC1)N1CCS[C@@]12C(=O)N(Cc1ccc(F)cc1)c1ccccc12. The van der Waals surface area contributed by atoms with Crippen LogP contribution in [0.5, 0.6) is 0 Å². The predicted molar refractivity (Wildman–Crippen MR) is 107 cm³/mol. The second-order valence-electron chi connectivity index (χ2n) is 7.65. The average molecular weight is 396 g/mol. The maximum Gasteiger partial charge on any atom is 0.268 e. The number of thioether (sulfide) groups is 1. The van der Waals surface area contributed by atoms with Crippen molar-refractivity contribution >= 4 is 29.3 Å². The van der Waals surface area contributed by atoms with Crippen molar-refractivity contribution < 1.29 is 14.0 Å². The maximum atomic E-state index is 13.7. The molecule has 1 spiro atoms. The molecule has 2 aromatic rings. The summed E-state index contributed by atoms with van der Waals surface area (Å²) >= 11 is 1.56. The van der Waals surface area contributed by atoms with Gasteiger partial charge in [0.25, 0.3) is 5.91 Å². The molecule has 144 valence electrons. The second-order valence-corrected chi connectivity index (χ2v) is 8.93. The first-order valence-corrected chi connectivity index (χ1v) is 10.7. The third kappa shape index (κ3) is 2.50. The minimum absolute atomic E-state index is 0.0571. The monoisotopic (exact) mass is 396 g/mol. The second kappa shape index (κ2) is 6.62. The Morgan fingerprint density at radius 3 is 2.61 bits per heavy atom. The van der Waals surface area contributed by atoms with E-state index in [2.05, 4.69) is 0 Å². The fourth-order valence-corrected chi connectivity index (χ4v) is 5.86. The van der Waals surface area contributed by atoms with Crippen LogP contribution in [0.1, 0.15) is 30.4 Å². The lowest BCUT2D eigenvalue weighted by atomic mass is 9.84. The molecular formula is C22H21FN2O2S. The van der Waals surface area contributed by atoms with E-state index in [0.717, 1.165) is 41.8 Å². The van der Waals surface area contributed by atoms with Crippen molar-refractivity contribution in [2.45, 2.75) is 30.7 Å². The Kier molecular flexibility index (Phi) is 4.19. The summed E-state index contributed by atoms with van der Waals surface area (Å²) in [6.07, 6.45) is 2.93. The molecule has 2 amide bonds. The van der Waals surface area contributed by atoms with E-state index in [1.54, 1.807) is 28.8 Å². The van der Waals surface area contributed by atoms with Crippen LogP contribution in [0.2, 0.25) is 0 Å². The summed E-state index contributed by atoms with van der Waals surface area (Å²) in [4.78, 5) is 29.5. The van der Waals surface area contributed by atoms with Gasteiger partial charge in [0, 0.05) is 23.8 Å². The molecular weight excluding hydrogens is 375 g/mol. The molecule has 1 aliphatic carbocycles. The Morgan fingerprint density at radius 2 is 1.89 bits per heavy atom. The summed E-state index contributed by atoms with van der Waals surface area (Å²) in [5.74, 6) is 0.568. The molecule has 0 N–H and O–H groups in total. The van der Waals surface area contributed by atoms with Gasteiger partial charge >= 0.3 is 0 Å². The molecule has 2 fully saturated rings. The highest BCUT2D eigenvalue weighted by Gasteiger charge is 2.59. The first-order valence-electron chi connectivity index (χ1n) is 9.72. The number of halogens is 1. The molecule has 1 atom stereocenters. The van der Waals surface area contributed by atoms with Crippen molar-refractivity contribution in [3.8, 4) is 0 Å². The quantitative estimate of drug-likeness (QED) is 0.790. The van der Waals surface area contributed by atoms with Crippen molar-refractivity contribution in [1.82, 2.24) is 4.90 Å². The highest BCUT2D eigenvalue weighted by atomic mass is 32.2. The van der Waals surface area contributed by atoms with Gasteiger partial charge in [0.15, 0.2) is 4.87 Å². The van der Waals surface area contributed by atoms with Gasteiger partial charge in [-0.2, -0.15) is 0 Å². The van der Waals surface area contributed by atoms with Gasteiger partial charge in [-0.05, 0) is 36.6 Å². The molecule has 0 aromatic heterocycles. The van der Waals surface area contributed by atoms with E-state index in [1.165, 1.54) is 12.1 Å². The van der Waals surface area contributed by atoms with Gasteiger partial charge in [-0.15, -0.1) is 11.8 Å². The highest BCUT2D eigenvalue weighted by Crippen LogP contribution is 2.55. The van der Waals surface area contributed by atoms with Crippen LogP contribution < -0.4 is 4.90 Å². The Labute approximate surface area is 167 Å². The molecule has 0 radical (unpaired) electrons. The number of carbonyl (C=O) groups is 2. The number of para-hydroxylation sites is 1. The maximum absolute atomic E-state index is 13.7. The Morgan fingerprint density at radius 1 is 1.14 bits per heavy atom. The topological polar surface area (TPSA) is 40.6 Å². The number of fused-ring (bicyclic) bond motifs is 2. The third-order valence-corrected chi connectivity index (χ3v) is 7.49. The van der Waals surface area contributed by atoms with Gasteiger partial charge < -0.3 is 9.80 Å². The van der Waals surface area contributed by atoms with E-state index < -0.39 is 4.87 Å². The summed E-state index contributed by atoms with van der Waals surface area (Å²) in [6.45, 7) is 0.967. The number of rotatable bonds is 3. The fourth-order valence-electron chi connectivity index (χ4n) is 4.39. The smallest absolute Gasteiger partial charge is 0.268 e. The molecule has 2 aliphatic heterocycles. The van der Waals surface area contributed by atoms with Gasteiger partial charge in [-0.1, -0.05) is 36.8 Å². The molecule has 6 heteroatoms. The fraction of sp³-hybridized carbons (Fsp3) is 0.364. The number of benzene rings is 2. The van der Waals surface area contributed by atoms with Gasteiger partial charge in [0.2, 0.25) is 5.91 Å². The summed E-state index contributed by atoms with van der Waals surface area (Å²) in [5, 5.41) is 0. The molecule has 1 saturated heterocycles. The van der Waals surface area contributed by atoms with Gasteiger partial charge in [-0.3, -0.25) is 9.59 Å². The van der Waals surface area contributed by atoms with Crippen molar-refractivity contribution in [1.29, 1.82) is 0 Å². The van der Waals surface area contributed by atoms with E-state index >= 15 is 0 Å². The summed E-state index contributed by atoms with van der Waals surface area (Å²) in [7, 11) is 0. The number of anilines is 1. The van der Waals surface area contributed by atoms with Crippen LogP contribution in [-0.2, 0) is 21.0 Å². The Balaban J connectivity index is 1.55. The number of nitrogens with zero attached hydrogens (tertiary/aromatic N) is 2. The molecule has 1 saturated carbocycles. The number of carbonyl (C=O) groups excluding carboxylic acids is 2. The first kappa shape index (κ1) is 17.7. The predicted octanol–water partition coefficient (Wildman–Crippen LogP) is 3.90. The first-order chi connectivity index (χ1) is 13.6. The van der Waals surface area contributed by atoms with Gasteiger partial charge in [0.05, 0.1) is 12.2 Å². The Bertz CT molecular complexity index is 944. The molecule has 28 heavy (non-hydrogen) atoms. The van der Waals surface area contributed by atoms with Crippen LogP contribution in [0.3, 0.4) is 0 Å². The minimum atomic E-state index is -0.955. The largest absolute Gasteiger partial charge is 0.315 e. The van der Waals surface area contributed by atoms with Crippen LogP contribution in [0.4, 0.5) is 10.1 Å². The van der Waals surface area contributed by atoms with E-state index in [1.807, 2.05) is 29.2 Å². The molecule has 0 bridgehead atoms. The standard InChI is InChI=1S/C22H21FN2O2S/c23-17-10-8-15(9-11-17)14-24-19-7-2-1-6-18(19)22(21(24)27)25(12-13-28-22)20(26)16-4-3-5-16/h1-2,6-11,16H,3-5,12-14H2/t22-/m0/s1. The zero-order valence-electron chi connectivity index (χ0n) is 15.4.